The van der Waals surface area contributed by atoms with Crippen molar-refractivity contribution in [2.45, 2.75) is 19.4 Å². The Morgan fingerprint density at radius 1 is 1.00 bits per heavy atom. The van der Waals surface area contributed by atoms with Crippen LogP contribution in [0.15, 0.2) is 66.9 Å². The van der Waals surface area contributed by atoms with Crippen LogP contribution >= 0.6 is 0 Å². The molecule has 160 valence electrons. The zero-order valence-corrected chi connectivity index (χ0v) is 17.5. The lowest BCUT2D eigenvalue weighted by atomic mass is 10.2. The summed E-state index contributed by atoms with van der Waals surface area (Å²) < 4.78 is 11.1. The fourth-order valence-corrected chi connectivity index (χ4v) is 3.45. The molecule has 2 N–H and O–H groups in total. The SMILES string of the molecule is COc1ccccc1Oc1ccc(NC(=O)NCc2ccc(N3CCCC3)nc2)cc1. The molecule has 0 radical (unpaired) electrons. The van der Waals surface area contributed by atoms with Gasteiger partial charge in [0.1, 0.15) is 11.6 Å². The highest BCUT2D eigenvalue weighted by Crippen LogP contribution is 2.31. The number of carbonyl (C=O) groups excluding carboxylic acids is 1. The van der Waals surface area contributed by atoms with Crippen LogP contribution in [-0.4, -0.2) is 31.2 Å². The van der Waals surface area contributed by atoms with E-state index in [9.17, 15) is 4.79 Å². The van der Waals surface area contributed by atoms with Crippen molar-refractivity contribution in [3.05, 3.63) is 72.4 Å². The maximum Gasteiger partial charge on any atom is 0.319 e. The third-order valence-corrected chi connectivity index (χ3v) is 5.10. The third-order valence-electron chi connectivity index (χ3n) is 5.10. The second-order valence-corrected chi connectivity index (χ2v) is 7.30. The lowest BCUT2D eigenvalue weighted by Gasteiger charge is -2.16. The molecule has 0 spiro atoms. The van der Waals surface area contributed by atoms with Crippen molar-refractivity contribution in [1.29, 1.82) is 0 Å². The molecule has 4 rings (SSSR count). The van der Waals surface area contributed by atoms with Gasteiger partial charge in [-0.2, -0.15) is 0 Å². The Kier molecular flexibility index (Phi) is 6.52. The minimum absolute atomic E-state index is 0.276. The van der Waals surface area contributed by atoms with Gasteiger partial charge in [0, 0.05) is 31.5 Å². The number of rotatable bonds is 7. The van der Waals surface area contributed by atoms with Crippen molar-refractivity contribution < 1.29 is 14.3 Å². The van der Waals surface area contributed by atoms with E-state index in [0.717, 1.165) is 24.5 Å². The van der Waals surface area contributed by atoms with Crippen molar-refractivity contribution >= 4 is 17.5 Å². The van der Waals surface area contributed by atoms with Crippen LogP contribution in [0.5, 0.6) is 17.2 Å². The molecule has 1 aliphatic heterocycles. The van der Waals surface area contributed by atoms with Crippen molar-refractivity contribution in [2.75, 3.05) is 30.4 Å². The van der Waals surface area contributed by atoms with E-state index in [-0.39, 0.29) is 6.03 Å². The molecule has 0 saturated carbocycles. The molecular formula is C24H26N4O3. The molecule has 1 saturated heterocycles. The van der Waals surface area contributed by atoms with Gasteiger partial charge in [0.25, 0.3) is 0 Å². The minimum Gasteiger partial charge on any atom is -0.493 e. The Bertz CT molecular complexity index is 1000. The number of methoxy groups -OCH3 is 1. The Morgan fingerprint density at radius 2 is 1.74 bits per heavy atom. The first kappa shape index (κ1) is 20.5. The Balaban J connectivity index is 1.26. The van der Waals surface area contributed by atoms with Crippen molar-refractivity contribution in [2.24, 2.45) is 0 Å². The molecule has 2 aromatic carbocycles. The number of ether oxygens (including phenoxy) is 2. The predicted octanol–water partition coefficient (Wildman–Crippen LogP) is 4.80. The lowest BCUT2D eigenvalue weighted by molar-refractivity contribution is 0.251. The van der Waals surface area contributed by atoms with Gasteiger partial charge in [-0.25, -0.2) is 9.78 Å². The first-order valence-electron chi connectivity index (χ1n) is 10.4. The number of pyridine rings is 1. The first-order valence-corrected chi connectivity index (χ1v) is 10.4. The highest BCUT2D eigenvalue weighted by atomic mass is 16.5. The van der Waals surface area contributed by atoms with Gasteiger partial charge in [0.05, 0.1) is 7.11 Å². The van der Waals surface area contributed by atoms with Crippen molar-refractivity contribution in [1.82, 2.24) is 10.3 Å². The van der Waals surface area contributed by atoms with Crippen LogP contribution in [0.25, 0.3) is 0 Å². The summed E-state index contributed by atoms with van der Waals surface area (Å²) >= 11 is 0. The van der Waals surface area contributed by atoms with E-state index in [2.05, 4.69) is 20.5 Å². The van der Waals surface area contributed by atoms with Gasteiger partial charge < -0.3 is 25.0 Å². The Morgan fingerprint density at radius 3 is 2.42 bits per heavy atom. The van der Waals surface area contributed by atoms with E-state index >= 15 is 0 Å². The zero-order chi connectivity index (χ0) is 21.5. The van der Waals surface area contributed by atoms with E-state index in [1.54, 1.807) is 31.4 Å². The Labute approximate surface area is 182 Å². The fourth-order valence-electron chi connectivity index (χ4n) is 3.45. The number of anilines is 2. The van der Waals surface area contributed by atoms with E-state index in [1.165, 1.54) is 12.8 Å². The van der Waals surface area contributed by atoms with Crippen LogP contribution in [0.2, 0.25) is 0 Å². The number of urea groups is 1. The van der Waals surface area contributed by atoms with Gasteiger partial charge >= 0.3 is 6.03 Å². The number of hydrogen-bond donors (Lipinski definition) is 2. The molecule has 1 aromatic heterocycles. The van der Waals surface area contributed by atoms with Gasteiger partial charge in [0.2, 0.25) is 0 Å². The second-order valence-electron chi connectivity index (χ2n) is 7.30. The standard InChI is InChI=1S/C24H26N4O3/c1-30-21-6-2-3-7-22(21)31-20-11-9-19(10-12-20)27-24(29)26-17-18-8-13-23(25-16-18)28-14-4-5-15-28/h2-3,6-13,16H,4-5,14-15,17H2,1H3,(H2,26,27,29). The number of carbonyl (C=O) groups is 1. The largest absolute Gasteiger partial charge is 0.493 e. The molecule has 0 aliphatic carbocycles. The lowest BCUT2D eigenvalue weighted by Crippen LogP contribution is -2.28. The van der Waals surface area contributed by atoms with Gasteiger partial charge in [-0.15, -0.1) is 0 Å². The van der Waals surface area contributed by atoms with Gasteiger partial charge in [0.15, 0.2) is 11.5 Å². The zero-order valence-electron chi connectivity index (χ0n) is 17.5. The molecule has 1 fully saturated rings. The molecule has 2 heterocycles. The number of benzene rings is 2. The summed E-state index contributed by atoms with van der Waals surface area (Å²) in [6.45, 7) is 2.54. The summed E-state index contributed by atoms with van der Waals surface area (Å²) in [5, 5.41) is 5.68. The summed E-state index contributed by atoms with van der Waals surface area (Å²) in [5.74, 6) is 2.95. The van der Waals surface area contributed by atoms with E-state index in [0.29, 0.717) is 29.5 Å². The fraction of sp³-hybridized carbons (Fsp3) is 0.250. The van der Waals surface area contributed by atoms with E-state index in [4.69, 9.17) is 9.47 Å². The highest BCUT2D eigenvalue weighted by Gasteiger charge is 2.13. The van der Waals surface area contributed by atoms with Crippen molar-refractivity contribution in [3.63, 3.8) is 0 Å². The summed E-state index contributed by atoms with van der Waals surface area (Å²) in [6, 6.07) is 18.4. The average Bonchev–Trinajstić information content (AvgIpc) is 3.35. The van der Waals surface area contributed by atoms with E-state index < -0.39 is 0 Å². The normalized spacial score (nSPS) is 13.0. The number of nitrogens with one attached hydrogen (secondary N) is 2. The molecule has 7 heteroatoms. The van der Waals surface area contributed by atoms with Crippen LogP contribution in [0.4, 0.5) is 16.3 Å². The quantitative estimate of drug-likeness (QED) is 0.576. The topological polar surface area (TPSA) is 75.7 Å². The van der Waals surface area contributed by atoms with Crippen LogP contribution in [-0.2, 0) is 6.54 Å². The second kappa shape index (κ2) is 9.84. The van der Waals surface area contributed by atoms with Gasteiger partial charge in [-0.3, -0.25) is 0 Å². The summed E-state index contributed by atoms with van der Waals surface area (Å²) in [7, 11) is 1.60. The smallest absolute Gasteiger partial charge is 0.319 e. The molecule has 0 bridgehead atoms. The number of nitrogens with zero attached hydrogens (tertiary/aromatic N) is 2. The number of hydrogen-bond acceptors (Lipinski definition) is 5. The van der Waals surface area contributed by atoms with Crippen LogP contribution in [0.3, 0.4) is 0 Å². The van der Waals surface area contributed by atoms with Gasteiger partial charge in [-0.05, 0) is 60.9 Å². The summed E-state index contributed by atoms with van der Waals surface area (Å²) in [5.41, 5.74) is 1.63. The number of para-hydroxylation sites is 2. The molecule has 31 heavy (non-hydrogen) atoms. The number of aromatic nitrogens is 1. The maximum atomic E-state index is 12.2. The Hall–Kier alpha value is -3.74. The van der Waals surface area contributed by atoms with Crippen LogP contribution in [0.1, 0.15) is 18.4 Å². The molecule has 3 aromatic rings. The molecular weight excluding hydrogens is 392 g/mol. The maximum absolute atomic E-state index is 12.2. The highest BCUT2D eigenvalue weighted by molar-refractivity contribution is 5.89. The van der Waals surface area contributed by atoms with Crippen LogP contribution in [0, 0.1) is 0 Å². The predicted molar refractivity (Wildman–Crippen MR) is 121 cm³/mol. The van der Waals surface area contributed by atoms with Gasteiger partial charge in [-0.1, -0.05) is 18.2 Å². The summed E-state index contributed by atoms with van der Waals surface area (Å²) in [6.07, 6.45) is 4.26. The van der Waals surface area contributed by atoms with Crippen molar-refractivity contribution in [3.8, 4) is 17.2 Å². The van der Waals surface area contributed by atoms with Crippen LogP contribution < -0.4 is 25.0 Å². The van der Waals surface area contributed by atoms with E-state index in [1.807, 2.05) is 42.6 Å². The molecule has 0 atom stereocenters. The minimum atomic E-state index is -0.276. The first-order chi connectivity index (χ1) is 15.2. The number of amides is 2. The molecule has 7 nitrogen and oxygen atoms in total. The average molecular weight is 418 g/mol. The monoisotopic (exact) mass is 418 g/mol. The summed E-state index contributed by atoms with van der Waals surface area (Å²) in [4.78, 5) is 19.0. The molecule has 1 aliphatic rings. The molecule has 0 unspecified atom stereocenters. The molecule has 2 amide bonds. The third kappa shape index (κ3) is 5.45.